The molecule has 0 heterocycles. The second-order valence-electron chi connectivity index (χ2n) is 5.22. The van der Waals surface area contributed by atoms with Crippen LogP contribution in [0.5, 0.6) is 0 Å². The van der Waals surface area contributed by atoms with Crippen molar-refractivity contribution in [1.82, 2.24) is 4.31 Å². The molecule has 1 rings (SSSR count). The van der Waals surface area contributed by atoms with Crippen molar-refractivity contribution < 1.29 is 17.5 Å². The molecule has 0 atom stereocenters. The van der Waals surface area contributed by atoms with Gasteiger partial charge in [0.25, 0.3) is 0 Å². The Kier molecular flexibility index (Phi) is 6.73. The summed E-state index contributed by atoms with van der Waals surface area (Å²) in [6, 6.07) is 3.96. The first-order valence-corrected chi connectivity index (χ1v) is 8.24. The Morgan fingerprint density at radius 2 is 2.05 bits per heavy atom. The second-order valence-corrected chi connectivity index (χ2v) is 7.12. The van der Waals surface area contributed by atoms with E-state index in [-0.39, 0.29) is 30.5 Å². The van der Waals surface area contributed by atoms with Gasteiger partial charge in [0.2, 0.25) is 10.0 Å². The number of hydrogen-bond acceptors (Lipinski definition) is 4. The van der Waals surface area contributed by atoms with E-state index in [4.69, 9.17) is 10.5 Å². The molecule has 5 nitrogen and oxygen atoms in total. The zero-order valence-corrected chi connectivity index (χ0v) is 13.5. The van der Waals surface area contributed by atoms with Gasteiger partial charge in [-0.25, -0.2) is 12.8 Å². The van der Waals surface area contributed by atoms with Gasteiger partial charge in [0, 0.05) is 26.7 Å². The third-order valence-corrected chi connectivity index (χ3v) is 4.86. The molecule has 0 radical (unpaired) electrons. The Balaban J connectivity index is 3.15. The molecule has 0 aromatic heterocycles. The van der Waals surface area contributed by atoms with Crippen LogP contribution in [-0.2, 0) is 21.3 Å². The molecule has 0 amide bonds. The lowest BCUT2D eigenvalue weighted by atomic mass is 10.2. The molecule has 7 heteroatoms. The minimum absolute atomic E-state index is 0.128. The summed E-state index contributed by atoms with van der Waals surface area (Å²) in [6.45, 7) is 4.73. The van der Waals surface area contributed by atoms with Crippen LogP contribution < -0.4 is 5.73 Å². The van der Waals surface area contributed by atoms with E-state index in [1.54, 1.807) is 0 Å². The minimum Gasteiger partial charge on any atom is -0.383 e. The highest BCUT2D eigenvalue weighted by Crippen LogP contribution is 2.21. The molecule has 21 heavy (non-hydrogen) atoms. The topological polar surface area (TPSA) is 72.6 Å². The number of methoxy groups -OCH3 is 1. The monoisotopic (exact) mass is 318 g/mol. The van der Waals surface area contributed by atoms with Gasteiger partial charge in [-0.2, -0.15) is 4.31 Å². The number of hydrogen-bond donors (Lipinski definition) is 1. The normalized spacial score (nSPS) is 12.3. The fraction of sp³-hybridized carbons (Fsp3) is 0.571. The summed E-state index contributed by atoms with van der Waals surface area (Å²) in [6.07, 6.45) is 0. The molecule has 120 valence electrons. The molecule has 0 unspecified atom stereocenters. The highest BCUT2D eigenvalue weighted by atomic mass is 32.2. The van der Waals surface area contributed by atoms with Crippen molar-refractivity contribution in [3.8, 4) is 0 Å². The SMILES string of the molecule is COCCN(CC(C)C)S(=O)(=O)c1ccc(CN)cc1F. The summed E-state index contributed by atoms with van der Waals surface area (Å²) < 4.78 is 45.4. The van der Waals surface area contributed by atoms with E-state index < -0.39 is 15.8 Å². The molecule has 0 aliphatic carbocycles. The van der Waals surface area contributed by atoms with E-state index in [2.05, 4.69) is 0 Å². The average molecular weight is 318 g/mol. The minimum atomic E-state index is -3.89. The molecular formula is C14H23FN2O3S. The summed E-state index contributed by atoms with van der Waals surface area (Å²) in [5.41, 5.74) is 5.98. The van der Waals surface area contributed by atoms with Crippen LogP contribution in [0.1, 0.15) is 19.4 Å². The van der Waals surface area contributed by atoms with Crippen molar-refractivity contribution in [2.75, 3.05) is 26.8 Å². The molecule has 0 spiro atoms. The Morgan fingerprint density at radius 1 is 1.38 bits per heavy atom. The molecule has 0 saturated carbocycles. The van der Waals surface area contributed by atoms with Crippen LogP contribution in [0.25, 0.3) is 0 Å². The van der Waals surface area contributed by atoms with Gasteiger partial charge < -0.3 is 10.5 Å². The van der Waals surface area contributed by atoms with Crippen LogP contribution in [0, 0.1) is 11.7 Å². The number of nitrogens with two attached hydrogens (primary N) is 1. The summed E-state index contributed by atoms with van der Waals surface area (Å²) in [7, 11) is -2.39. The van der Waals surface area contributed by atoms with Gasteiger partial charge in [0.15, 0.2) is 0 Å². The number of benzene rings is 1. The van der Waals surface area contributed by atoms with Crippen LogP contribution >= 0.6 is 0 Å². The standard InChI is InChI=1S/C14H23FN2O3S/c1-11(2)10-17(6-7-20-3)21(18,19)14-5-4-12(9-16)8-13(14)15/h4-5,8,11H,6-7,9-10,16H2,1-3H3. The summed E-state index contributed by atoms with van der Waals surface area (Å²) >= 11 is 0. The van der Waals surface area contributed by atoms with Gasteiger partial charge in [0.05, 0.1) is 6.61 Å². The second kappa shape index (κ2) is 7.84. The van der Waals surface area contributed by atoms with Crippen molar-refractivity contribution in [3.05, 3.63) is 29.6 Å². The zero-order valence-electron chi connectivity index (χ0n) is 12.7. The molecule has 0 aliphatic rings. The summed E-state index contributed by atoms with van der Waals surface area (Å²) in [5.74, 6) is -0.646. The van der Waals surface area contributed by atoms with Crippen LogP contribution in [0.4, 0.5) is 4.39 Å². The van der Waals surface area contributed by atoms with Gasteiger partial charge >= 0.3 is 0 Å². The lowest BCUT2D eigenvalue weighted by Crippen LogP contribution is -2.37. The van der Waals surface area contributed by atoms with Gasteiger partial charge in [-0.05, 0) is 23.6 Å². The maximum Gasteiger partial charge on any atom is 0.246 e. The molecule has 1 aromatic rings. The Labute approximate surface area is 125 Å². The quantitative estimate of drug-likeness (QED) is 0.790. The number of halogens is 1. The predicted octanol–water partition coefficient (Wildman–Crippen LogP) is 1.58. The molecule has 0 bridgehead atoms. The Morgan fingerprint density at radius 3 is 2.52 bits per heavy atom. The van der Waals surface area contributed by atoms with Gasteiger partial charge in [-0.15, -0.1) is 0 Å². The Bertz CT molecular complexity index is 561. The molecular weight excluding hydrogens is 295 g/mol. The maximum absolute atomic E-state index is 14.1. The largest absolute Gasteiger partial charge is 0.383 e. The van der Waals surface area contributed by atoms with Crippen molar-refractivity contribution in [2.24, 2.45) is 11.7 Å². The lowest BCUT2D eigenvalue weighted by Gasteiger charge is -2.24. The third-order valence-electron chi connectivity index (χ3n) is 2.96. The average Bonchev–Trinajstić information content (AvgIpc) is 2.42. The van der Waals surface area contributed by atoms with E-state index in [1.165, 1.54) is 23.5 Å². The molecule has 0 fully saturated rings. The number of sulfonamides is 1. The van der Waals surface area contributed by atoms with E-state index in [0.29, 0.717) is 12.1 Å². The van der Waals surface area contributed by atoms with Crippen LogP contribution in [0.2, 0.25) is 0 Å². The van der Waals surface area contributed by atoms with Gasteiger partial charge in [-0.1, -0.05) is 19.9 Å². The first kappa shape index (κ1) is 18.0. The van der Waals surface area contributed by atoms with E-state index in [1.807, 2.05) is 13.8 Å². The third kappa shape index (κ3) is 4.74. The fourth-order valence-corrected chi connectivity index (χ4v) is 3.56. The van der Waals surface area contributed by atoms with Gasteiger partial charge in [0.1, 0.15) is 10.7 Å². The predicted molar refractivity (Wildman–Crippen MR) is 79.8 cm³/mol. The zero-order chi connectivity index (χ0) is 16.0. The maximum atomic E-state index is 14.1. The molecule has 0 aliphatic heterocycles. The van der Waals surface area contributed by atoms with Crippen LogP contribution in [0.3, 0.4) is 0 Å². The molecule has 1 aromatic carbocycles. The first-order valence-electron chi connectivity index (χ1n) is 6.80. The van der Waals surface area contributed by atoms with E-state index in [9.17, 15) is 12.8 Å². The lowest BCUT2D eigenvalue weighted by molar-refractivity contribution is 0.175. The van der Waals surface area contributed by atoms with Crippen molar-refractivity contribution in [3.63, 3.8) is 0 Å². The van der Waals surface area contributed by atoms with Crippen molar-refractivity contribution in [2.45, 2.75) is 25.3 Å². The fourth-order valence-electron chi connectivity index (χ4n) is 1.93. The summed E-state index contributed by atoms with van der Waals surface area (Å²) in [5, 5.41) is 0. The van der Waals surface area contributed by atoms with E-state index in [0.717, 1.165) is 6.07 Å². The van der Waals surface area contributed by atoms with Crippen LogP contribution in [-0.4, -0.2) is 39.5 Å². The smallest absolute Gasteiger partial charge is 0.246 e. The van der Waals surface area contributed by atoms with E-state index >= 15 is 0 Å². The molecule has 0 saturated heterocycles. The highest BCUT2D eigenvalue weighted by molar-refractivity contribution is 7.89. The first-order chi connectivity index (χ1) is 9.82. The Hall–Kier alpha value is -1.02. The highest BCUT2D eigenvalue weighted by Gasteiger charge is 2.27. The van der Waals surface area contributed by atoms with Crippen molar-refractivity contribution >= 4 is 10.0 Å². The number of rotatable bonds is 8. The van der Waals surface area contributed by atoms with Crippen molar-refractivity contribution in [1.29, 1.82) is 0 Å². The number of nitrogens with zero attached hydrogens (tertiary/aromatic N) is 1. The number of ether oxygens (including phenoxy) is 1. The molecule has 2 N–H and O–H groups in total. The van der Waals surface area contributed by atoms with Gasteiger partial charge in [-0.3, -0.25) is 0 Å². The summed E-state index contributed by atoms with van der Waals surface area (Å²) in [4.78, 5) is -0.323. The van der Waals surface area contributed by atoms with Crippen LogP contribution in [0.15, 0.2) is 23.1 Å².